The molecule has 3 aromatic carbocycles. The van der Waals surface area contributed by atoms with Crippen LogP contribution in [0.2, 0.25) is 0 Å². The molecule has 4 heteroatoms. The third-order valence-electron chi connectivity index (χ3n) is 5.07. The molecular weight excluding hydrogens is 362 g/mol. The van der Waals surface area contributed by atoms with E-state index in [-0.39, 0.29) is 5.57 Å². The van der Waals surface area contributed by atoms with E-state index < -0.39 is 11.9 Å². The van der Waals surface area contributed by atoms with Gasteiger partial charge in [-0.25, -0.2) is 0 Å². The number of aryl methyl sites for hydroxylation is 2. The van der Waals surface area contributed by atoms with Gasteiger partial charge in [-0.05, 0) is 53.6 Å². The largest absolute Gasteiger partial charge is 0.579 e. The highest BCUT2D eigenvalue weighted by atomic mass is 16.6. The molecule has 1 N–H and O–H groups in total. The summed E-state index contributed by atoms with van der Waals surface area (Å²) in [5.41, 5.74) is 4.01. The number of carbonyl (C=O) groups excluding carboxylic acids is 1. The van der Waals surface area contributed by atoms with E-state index in [1.165, 1.54) is 11.1 Å². The lowest BCUT2D eigenvalue weighted by molar-refractivity contribution is -0.340. The van der Waals surface area contributed by atoms with Crippen molar-refractivity contribution in [3.63, 3.8) is 0 Å². The standard InChI is InChI=1S/C25H23NO3/c27-24(26-17-18-8-3-1-4-9-18)23(20-10-5-2-6-11-20)25(28)29-22-15-14-19-12-7-13-21(19)16-22/h1-6,8-11,14-16,28H,7,12-13,17H2,(H,26,27)/p-1/b25-23+. The Hall–Kier alpha value is -3.53. The Bertz CT molecular complexity index is 1030. The van der Waals surface area contributed by atoms with E-state index in [2.05, 4.69) is 5.32 Å². The first-order valence-corrected chi connectivity index (χ1v) is 9.79. The van der Waals surface area contributed by atoms with Crippen LogP contribution in [0.3, 0.4) is 0 Å². The minimum atomic E-state index is -0.653. The summed E-state index contributed by atoms with van der Waals surface area (Å²) in [4.78, 5) is 12.9. The highest BCUT2D eigenvalue weighted by Crippen LogP contribution is 2.27. The second-order valence-corrected chi connectivity index (χ2v) is 7.08. The van der Waals surface area contributed by atoms with Crippen molar-refractivity contribution in [2.45, 2.75) is 25.8 Å². The van der Waals surface area contributed by atoms with Crippen molar-refractivity contribution >= 4 is 11.5 Å². The maximum atomic E-state index is 12.9. The van der Waals surface area contributed by atoms with Crippen molar-refractivity contribution in [3.8, 4) is 5.75 Å². The van der Waals surface area contributed by atoms with E-state index in [0.29, 0.717) is 17.9 Å². The fraction of sp³-hybridized carbons (Fsp3) is 0.160. The Morgan fingerprint density at radius 3 is 2.34 bits per heavy atom. The molecule has 0 spiro atoms. The number of ether oxygens (including phenoxy) is 1. The van der Waals surface area contributed by atoms with E-state index in [1.807, 2.05) is 48.5 Å². The van der Waals surface area contributed by atoms with E-state index >= 15 is 0 Å². The van der Waals surface area contributed by atoms with E-state index in [1.54, 1.807) is 30.3 Å². The molecule has 0 saturated carbocycles. The Balaban J connectivity index is 1.59. The maximum absolute atomic E-state index is 12.9. The van der Waals surface area contributed by atoms with Gasteiger partial charge in [-0.3, -0.25) is 4.79 Å². The van der Waals surface area contributed by atoms with Crippen molar-refractivity contribution in [1.82, 2.24) is 5.32 Å². The molecule has 0 bridgehead atoms. The van der Waals surface area contributed by atoms with Gasteiger partial charge in [-0.15, -0.1) is 0 Å². The lowest BCUT2D eigenvalue weighted by atomic mass is 10.1. The van der Waals surface area contributed by atoms with Crippen molar-refractivity contribution in [2.24, 2.45) is 0 Å². The van der Waals surface area contributed by atoms with E-state index in [9.17, 15) is 9.90 Å². The number of fused-ring (bicyclic) bond motifs is 1. The van der Waals surface area contributed by atoms with Crippen LogP contribution in [0.1, 0.15) is 28.7 Å². The molecule has 0 radical (unpaired) electrons. The first-order chi connectivity index (χ1) is 14.2. The Morgan fingerprint density at radius 2 is 1.59 bits per heavy atom. The molecule has 1 aliphatic carbocycles. The van der Waals surface area contributed by atoms with Crippen LogP contribution in [-0.4, -0.2) is 5.91 Å². The number of hydrogen-bond donors (Lipinski definition) is 1. The fourth-order valence-corrected chi connectivity index (χ4v) is 3.58. The predicted molar refractivity (Wildman–Crippen MR) is 111 cm³/mol. The summed E-state index contributed by atoms with van der Waals surface area (Å²) in [7, 11) is 0. The van der Waals surface area contributed by atoms with Crippen LogP contribution in [0.25, 0.3) is 5.57 Å². The topological polar surface area (TPSA) is 61.4 Å². The maximum Gasteiger partial charge on any atom is 0.253 e. The molecule has 0 aromatic heterocycles. The monoisotopic (exact) mass is 384 g/mol. The highest BCUT2D eigenvalue weighted by Gasteiger charge is 2.15. The zero-order chi connectivity index (χ0) is 20.1. The molecule has 0 heterocycles. The van der Waals surface area contributed by atoms with Gasteiger partial charge in [0.2, 0.25) is 0 Å². The van der Waals surface area contributed by atoms with Crippen LogP contribution >= 0.6 is 0 Å². The third-order valence-corrected chi connectivity index (χ3v) is 5.07. The number of benzene rings is 3. The van der Waals surface area contributed by atoms with Crippen LogP contribution in [0.5, 0.6) is 5.75 Å². The van der Waals surface area contributed by atoms with Crippen molar-refractivity contribution < 1.29 is 14.6 Å². The average molecular weight is 384 g/mol. The summed E-state index contributed by atoms with van der Waals surface area (Å²) in [6.45, 7) is 0.335. The summed E-state index contributed by atoms with van der Waals surface area (Å²) in [6, 6.07) is 24.2. The molecule has 3 aromatic rings. The molecule has 1 aliphatic rings. The van der Waals surface area contributed by atoms with Crippen LogP contribution in [0.15, 0.2) is 84.8 Å². The predicted octanol–water partition coefficient (Wildman–Crippen LogP) is 3.60. The van der Waals surface area contributed by atoms with Crippen LogP contribution in [-0.2, 0) is 24.2 Å². The molecule has 146 valence electrons. The summed E-state index contributed by atoms with van der Waals surface area (Å²) in [5, 5.41) is 15.8. The minimum absolute atomic E-state index is 0.00188. The lowest BCUT2D eigenvalue weighted by Crippen LogP contribution is -2.28. The van der Waals surface area contributed by atoms with Gasteiger partial charge in [0, 0.05) is 12.3 Å². The van der Waals surface area contributed by atoms with Gasteiger partial charge in [0.05, 0.1) is 11.5 Å². The SMILES string of the molecule is O=C(NCc1ccccc1)/C(=C(\[O-])Oc1ccc2c(c1)CCC2)c1ccccc1. The summed E-state index contributed by atoms with van der Waals surface area (Å²) in [5.74, 6) is -0.633. The number of nitrogens with one attached hydrogen (secondary N) is 1. The lowest BCUT2D eigenvalue weighted by Gasteiger charge is -2.21. The first kappa shape index (κ1) is 18.8. The van der Waals surface area contributed by atoms with Crippen LogP contribution in [0.4, 0.5) is 0 Å². The first-order valence-electron chi connectivity index (χ1n) is 9.79. The second kappa shape index (κ2) is 8.65. The van der Waals surface area contributed by atoms with Gasteiger partial charge >= 0.3 is 0 Å². The number of hydrogen-bond acceptors (Lipinski definition) is 3. The van der Waals surface area contributed by atoms with E-state index in [4.69, 9.17) is 4.74 Å². The number of amides is 1. The molecular formula is C25H22NO3-. The Morgan fingerprint density at radius 1 is 0.897 bits per heavy atom. The molecule has 29 heavy (non-hydrogen) atoms. The molecule has 0 aliphatic heterocycles. The molecule has 4 nitrogen and oxygen atoms in total. The summed E-state index contributed by atoms with van der Waals surface area (Å²) >= 11 is 0. The number of rotatable bonds is 6. The highest BCUT2D eigenvalue weighted by molar-refractivity contribution is 6.19. The molecule has 0 atom stereocenters. The third kappa shape index (κ3) is 4.49. The average Bonchev–Trinajstić information content (AvgIpc) is 3.22. The Kier molecular flexibility index (Phi) is 5.61. The smallest absolute Gasteiger partial charge is 0.253 e. The molecule has 0 saturated heterocycles. The normalized spacial score (nSPS) is 13.4. The van der Waals surface area contributed by atoms with Crippen molar-refractivity contribution in [2.75, 3.05) is 0 Å². The van der Waals surface area contributed by atoms with Gasteiger partial charge in [0.1, 0.15) is 0 Å². The zero-order valence-corrected chi connectivity index (χ0v) is 16.1. The second-order valence-electron chi connectivity index (χ2n) is 7.08. The summed E-state index contributed by atoms with van der Waals surface area (Å²) in [6.07, 6.45) is 3.18. The van der Waals surface area contributed by atoms with Gasteiger partial charge < -0.3 is 15.2 Å². The molecule has 0 unspecified atom stereocenters. The summed E-state index contributed by atoms with van der Waals surface area (Å²) < 4.78 is 5.59. The zero-order valence-electron chi connectivity index (χ0n) is 16.1. The van der Waals surface area contributed by atoms with Crippen LogP contribution < -0.4 is 15.2 Å². The Labute approximate surface area is 170 Å². The van der Waals surface area contributed by atoms with Crippen molar-refractivity contribution in [1.29, 1.82) is 0 Å². The fourth-order valence-electron chi connectivity index (χ4n) is 3.58. The van der Waals surface area contributed by atoms with Crippen LogP contribution in [0, 0.1) is 0 Å². The minimum Gasteiger partial charge on any atom is -0.579 e. The van der Waals surface area contributed by atoms with E-state index in [0.717, 1.165) is 24.8 Å². The van der Waals surface area contributed by atoms with Gasteiger partial charge in [-0.1, -0.05) is 66.7 Å². The number of carbonyl (C=O) groups is 1. The van der Waals surface area contributed by atoms with Gasteiger partial charge in [0.15, 0.2) is 0 Å². The molecule has 0 fully saturated rings. The van der Waals surface area contributed by atoms with Crippen molar-refractivity contribution in [3.05, 3.63) is 107 Å². The van der Waals surface area contributed by atoms with Gasteiger partial charge in [-0.2, -0.15) is 0 Å². The molecule has 1 amide bonds. The molecule has 4 rings (SSSR count). The van der Waals surface area contributed by atoms with Gasteiger partial charge in [0.25, 0.3) is 5.91 Å². The quantitative estimate of drug-likeness (QED) is 0.522.